The van der Waals surface area contributed by atoms with Crippen molar-refractivity contribution in [3.05, 3.63) is 89.6 Å². The van der Waals surface area contributed by atoms with E-state index < -0.39 is 18.0 Å². The van der Waals surface area contributed by atoms with E-state index in [1.165, 1.54) is 23.0 Å². The number of hydrogen-bond donors (Lipinski definition) is 0. The molecule has 0 aliphatic carbocycles. The number of carbonyl (C=O) groups excluding carboxylic acids is 2. The van der Waals surface area contributed by atoms with Crippen LogP contribution in [-0.2, 0) is 19.1 Å². The van der Waals surface area contributed by atoms with Crippen LogP contribution in [0.5, 0.6) is 11.5 Å². The van der Waals surface area contributed by atoms with Crippen LogP contribution in [-0.4, -0.2) is 43.4 Å². The molecule has 9 nitrogen and oxygen atoms in total. The Morgan fingerprint density at radius 2 is 1.85 bits per heavy atom. The molecule has 2 heterocycles. The summed E-state index contributed by atoms with van der Waals surface area (Å²) in [6.45, 7) is 5.27. The molecule has 2 aromatic carbocycles. The molecule has 1 aliphatic heterocycles. The quantitative estimate of drug-likeness (QED) is 0.363. The minimum absolute atomic E-state index is 0.174. The molecule has 0 saturated heterocycles. The fourth-order valence-electron chi connectivity index (χ4n) is 4.17. The van der Waals surface area contributed by atoms with Gasteiger partial charge in [0.15, 0.2) is 22.9 Å². The van der Waals surface area contributed by atoms with E-state index in [2.05, 4.69) is 4.99 Å². The van der Waals surface area contributed by atoms with Crippen molar-refractivity contribution in [2.45, 2.75) is 26.8 Å². The molecule has 39 heavy (non-hydrogen) atoms. The lowest BCUT2D eigenvalue weighted by Crippen LogP contribution is -2.40. The molecule has 1 aliphatic rings. The number of benzene rings is 2. The summed E-state index contributed by atoms with van der Waals surface area (Å²) in [5.74, 6) is -0.324. The predicted molar refractivity (Wildman–Crippen MR) is 147 cm³/mol. The number of carbonyl (C=O) groups is 2. The first-order chi connectivity index (χ1) is 18.8. The van der Waals surface area contributed by atoms with Gasteiger partial charge in [-0.2, -0.15) is 0 Å². The number of rotatable bonds is 9. The molecule has 0 fully saturated rings. The van der Waals surface area contributed by atoms with Gasteiger partial charge in [0.1, 0.15) is 6.04 Å². The van der Waals surface area contributed by atoms with Gasteiger partial charge in [-0.1, -0.05) is 47.2 Å². The third-order valence-corrected chi connectivity index (χ3v) is 7.18. The third kappa shape index (κ3) is 5.91. The van der Waals surface area contributed by atoms with Crippen LogP contribution >= 0.6 is 22.9 Å². The van der Waals surface area contributed by atoms with Crippen molar-refractivity contribution in [3.8, 4) is 11.5 Å². The number of halogens is 1. The van der Waals surface area contributed by atoms with Crippen LogP contribution in [0.1, 0.15) is 37.9 Å². The van der Waals surface area contributed by atoms with Crippen molar-refractivity contribution in [1.82, 2.24) is 4.57 Å². The van der Waals surface area contributed by atoms with Gasteiger partial charge in [0.05, 0.1) is 36.1 Å². The first-order valence-electron chi connectivity index (χ1n) is 12.2. The van der Waals surface area contributed by atoms with E-state index in [0.29, 0.717) is 42.7 Å². The summed E-state index contributed by atoms with van der Waals surface area (Å²) in [5, 5.41) is 0.409. The summed E-state index contributed by atoms with van der Waals surface area (Å²) in [6, 6.07) is 11.4. The summed E-state index contributed by atoms with van der Waals surface area (Å²) in [6.07, 6.45) is 1.69. The summed E-state index contributed by atoms with van der Waals surface area (Å²) >= 11 is 7.73. The molecule has 0 spiro atoms. The van der Waals surface area contributed by atoms with Gasteiger partial charge in [0.2, 0.25) is 0 Å². The van der Waals surface area contributed by atoms with Gasteiger partial charge in [-0.15, -0.1) is 0 Å². The Labute approximate surface area is 233 Å². The van der Waals surface area contributed by atoms with Gasteiger partial charge in [0, 0.05) is 5.02 Å². The Balaban J connectivity index is 1.83. The van der Waals surface area contributed by atoms with E-state index >= 15 is 0 Å². The average molecular weight is 571 g/mol. The minimum atomic E-state index is -0.810. The molecule has 0 bridgehead atoms. The van der Waals surface area contributed by atoms with Crippen LogP contribution in [0.25, 0.3) is 6.08 Å². The van der Waals surface area contributed by atoms with Crippen molar-refractivity contribution >= 4 is 41.0 Å². The molecule has 0 saturated carbocycles. The Bertz CT molecular complexity index is 1620. The molecule has 3 aromatic rings. The Morgan fingerprint density at radius 3 is 2.54 bits per heavy atom. The highest BCUT2D eigenvalue weighted by atomic mass is 35.5. The maximum atomic E-state index is 13.8. The zero-order chi connectivity index (χ0) is 28.1. The van der Waals surface area contributed by atoms with E-state index in [0.717, 1.165) is 0 Å². The molecule has 4 rings (SSSR count). The first-order valence-corrected chi connectivity index (χ1v) is 13.4. The number of methoxy groups -OCH3 is 1. The van der Waals surface area contributed by atoms with Crippen molar-refractivity contribution in [2.24, 2.45) is 4.99 Å². The lowest BCUT2D eigenvalue weighted by molar-refractivity contribution is -0.145. The second-order valence-corrected chi connectivity index (χ2v) is 9.74. The fraction of sp³-hybridized carbons (Fsp3) is 0.286. The molecule has 0 unspecified atom stereocenters. The zero-order valence-corrected chi connectivity index (χ0v) is 23.4. The van der Waals surface area contributed by atoms with Gasteiger partial charge >= 0.3 is 11.9 Å². The van der Waals surface area contributed by atoms with Gasteiger partial charge in [-0.3, -0.25) is 9.36 Å². The Kier molecular flexibility index (Phi) is 8.88. The molecular weight excluding hydrogens is 544 g/mol. The highest BCUT2D eigenvalue weighted by molar-refractivity contribution is 7.07. The predicted octanol–water partition coefficient (Wildman–Crippen LogP) is 3.40. The van der Waals surface area contributed by atoms with E-state index in [1.807, 2.05) is 0 Å². The van der Waals surface area contributed by atoms with Crippen molar-refractivity contribution in [3.63, 3.8) is 0 Å². The Morgan fingerprint density at radius 1 is 1.10 bits per heavy atom. The number of aromatic nitrogens is 1. The molecule has 204 valence electrons. The number of thiazole rings is 1. The van der Waals surface area contributed by atoms with Crippen LogP contribution in [0.2, 0.25) is 5.02 Å². The minimum Gasteiger partial charge on any atom is -0.493 e. The third-order valence-electron chi connectivity index (χ3n) is 5.85. The van der Waals surface area contributed by atoms with E-state index in [9.17, 15) is 14.4 Å². The second-order valence-electron chi connectivity index (χ2n) is 8.33. The normalized spacial score (nSPS) is 14.9. The molecular formula is C28H27ClN2O7S. The summed E-state index contributed by atoms with van der Waals surface area (Å²) in [4.78, 5) is 43.6. The standard InChI is InChI=1S/C28H27ClN2O7S/c1-5-36-23(32)15-38-21-13-17(11-12-20(21)35-4)14-22-26(33)31-25(18-9-7-8-10-19(18)29)24(27(34)37-6-2)16(3)30-28(31)39-22/h7-14,25H,5-6,15H2,1-4H3/b22-14+/t25-/m0/s1. The smallest absolute Gasteiger partial charge is 0.344 e. The molecule has 0 radical (unpaired) electrons. The molecule has 11 heteroatoms. The fourth-order valence-corrected chi connectivity index (χ4v) is 5.45. The summed E-state index contributed by atoms with van der Waals surface area (Å²) < 4.78 is 23.0. The van der Waals surface area contributed by atoms with Crippen LogP contribution in [0, 0.1) is 0 Å². The van der Waals surface area contributed by atoms with Crippen LogP contribution in [0.15, 0.2) is 63.5 Å². The molecule has 0 amide bonds. The summed E-state index contributed by atoms with van der Waals surface area (Å²) in [7, 11) is 1.49. The summed E-state index contributed by atoms with van der Waals surface area (Å²) in [5.41, 5.74) is 1.58. The number of allylic oxidation sites excluding steroid dienone is 1. The SMILES string of the molecule is CCOC(=O)COc1cc(/C=c2/sc3n(c2=O)[C@@H](c2ccccc2Cl)C(C(=O)OCC)=C(C)N=3)ccc1OC. The first kappa shape index (κ1) is 28.1. The number of ether oxygens (including phenoxy) is 4. The maximum Gasteiger partial charge on any atom is 0.344 e. The van der Waals surface area contributed by atoms with Crippen LogP contribution in [0.4, 0.5) is 0 Å². The van der Waals surface area contributed by atoms with Gasteiger partial charge < -0.3 is 18.9 Å². The van der Waals surface area contributed by atoms with Crippen molar-refractivity contribution in [1.29, 1.82) is 0 Å². The van der Waals surface area contributed by atoms with Gasteiger partial charge in [-0.25, -0.2) is 14.6 Å². The van der Waals surface area contributed by atoms with Crippen LogP contribution in [0.3, 0.4) is 0 Å². The number of hydrogen-bond acceptors (Lipinski definition) is 9. The van der Waals surface area contributed by atoms with Gasteiger partial charge in [-0.05, 0) is 56.2 Å². The highest BCUT2D eigenvalue weighted by Gasteiger charge is 2.34. The van der Waals surface area contributed by atoms with Crippen molar-refractivity contribution in [2.75, 3.05) is 26.9 Å². The molecule has 1 atom stereocenters. The van der Waals surface area contributed by atoms with Gasteiger partial charge in [0.25, 0.3) is 5.56 Å². The maximum absolute atomic E-state index is 13.8. The average Bonchev–Trinajstić information content (AvgIpc) is 3.21. The zero-order valence-electron chi connectivity index (χ0n) is 21.9. The number of esters is 2. The molecule has 1 aromatic heterocycles. The lowest BCUT2D eigenvalue weighted by Gasteiger charge is -2.25. The lowest BCUT2D eigenvalue weighted by atomic mass is 9.96. The van der Waals surface area contributed by atoms with Crippen molar-refractivity contribution < 1.29 is 28.5 Å². The van der Waals surface area contributed by atoms with Crippen LogP contribution < -0.4 is 24.4 Å². The Hall–Kier alpha value is -3.89. The monoisotopic (exact) mass is 570 g/mol. The second kappa shape index (κ2) is 12.3. The number of nitrogens with zero attached hydrogens (tertiary/aromatic N) is 2. The number of fused-ring (bicyclic) bond motifs is 1. The van der Waals surface area contributed by atoms with E-state index in [4.69, 9.17) is 30.5 Å². The topological polar surface area (TPSA) is 105 Å². The highest BCUT2D eigenvalue weighted by Crippen LogP contribution is 2.34. The van der Waals surface area contributed by atoms with E-state index in [-0.39, 0.29) is 31.0 Å². The molecule has 0 N–H and O–H groups in total. The van der Waals surface area contributed by atoms with E-state index in [1.54, 1.807) is 69.3 Å². The largest absolute Gasteiger partial charge is 0.493 e.